The van der Waals surface area contributed by atoms with Crippen molar-refractivity contribution in [1.29, 1.82) is 0 Å². The van der Waals surface area contributed by atoms with Gasteiger partial charge in [0.15, 0.2) is 0 Å². The van der Waals surface area contributed by atoms with Crippen LogP contribution in [0.15, 0.2) is 48.5 Å². The number of halogens is 1. The summed E-state index contributed by atoms with van der Waals surface area (Å²) >= 11 is 0. The van der Waals surface area contributed by atoms with Gasteiger partial charge in [-0.05, 0) is 74.1 Å². The van der Waals surface area contributed by atoms with Crippen molar-refractivity contribution in [3.8, 4) is 5.75 Å². The third-order valence-corrected chi connectivity index (χ3v) is 7.03. The second-order valence-electron chi connectivity index (χ2n) is 9.40. The van der Waals surface area contributed by atoms with Crippen LogP contribution in [-0.4, -0.2) is 49.6 Å². The highest BCUT2D eigenvalue weighted by molar-refractivity contribution is 5.94. The monoisotopic (exact) mass is 453 g/mol. The minimum absolute atomic E-state index is 0.0228. The van der Waals surface area contributed by atoms with E-state index in [-0.39, 0.29) is 23.7 Å². The van der Waals surface area contributed by atoms with Gasteiger partial charge in [0.2, 0.25) is 5.91 Å². The summed E-state index contributed by atoms with van der Waals surface area (Å²) in [4.78, 5) is 17.4. The minimum Gasteiger partial charge on any atom is -0.490 e. The highest BCUT2D eigenvalue weighted by Crippen LogP contribution is 2.30. The summed E-state index contributed by atoms with van der Waals surface area (Å²) in [7, 11) is 1.88. The van der Waals surface area contributed by atoms with E-state index in [1.165, 1.54) is 17.7 Å². The number of anilines is 1. The van der Waals surface area contributed by atoms with Crippen molar-refractivity contribution in [2.24, 2.45) is 5.92 Å². The Morgan fingerprint density at radius 2 is 1.79 bits per heavy atom. The molecule has 0 bridgehead atoms. The van der Waals surface area contributed by atoms with Gasteiger partial charge in [-0.2, -0.15) is 0 Å². The lowest BCUT2D eigenvalue weighted by Gasteiger charge is -2.33. The smallest absolute Gasteiger partial charge is 0.229 e. The van der Waals surface area contributed by atoms with Gasteiger partial charge in [-0.25, -0.2) is 4.39 Å². The number of rotatable bonds is 7. The fourth-order valence-corrected chi connectivity index (χ4v) is 4.93. The molecule has 6 heteroatoms. The Kier molecular flexibility index (Phi) is 7.99. The molecule has 4 rings (SSSR count). The van der Waals surface area contributed by atoms with Gasteiger partial charge in [0.1, 0.15) is 11.6 Å². The van der Waals surface area contributed by atoms with E-state index in [1.807, 2.05) is 7.05 Å². The van der Waals surface area contributed by atoms with Crippen LogP contribution in [0.5, 0.6) is 5.75 Å². The maximum absolute atomic E-state index is 13.1. The van der Waals surface area contributed by atoms with Crippen molar-refractivity contribution in [1.82, 2.24) is 10.2 Å². The molecule has 1 saturated heterocycles. The quantitative estimate of drug-likeness (QED) is 0.665. The Morgan fingerprint density at radius 1 is 1.09 bits per heavy atom. The van der Waals surface area contributed by atoms with E-state index in [1.54, 1.807) is 17.0 Å². The third kappa shape index (κ3) is 6.33. The van der Waals surface area contributed by atoms with Crippen LogP contribution < -0.4 is 15.0 Å². The first kappa shape index (κ1) is 23.7. The number of ether oxygens (including phenoxy) is 1. The van der Waals surface area contributed by atoms with Crippen LogP contribution in [0.25, 0.3) is 0 Å². The molecule has 5 nitrogen and oxygen atoms in total. The van der Waals surface area contributed by atoms with E-state index in [0.29, 0.717) is 11.8 Å². The van der Waals surface area contributed by atoms with Crippen LogP contribution in [0.4, 0.5) is 10.1 Å². The molecule has 178 valence electrons. The zero-order valence-corrected chi connectivity index (χ0v) is 19.8. The number of piperazine rings is 1. The van der Waals surface area contributed by atoms with Gasteiger partial charge >= 0.3 is 0 Å². The Labute approximate surface area is 196 Å². The summed E-state index contributed by atoms with van der Waals surface area (Å²) < 4.78 is 19.0. The molecule has 1 saturated carbocycles. The minimum atomic E-state index is -0.262. The van der Waals surface area contributed by atoms with Crippen molar-refractivity contribution in [3.05, 3.63) is 59.9 Å². The maximum atomic E-state index is 13.1. The van der Waals surface area contributed by atoms with Crippen molar-refractivity contribution >= 4 is 11.6 Å². The van der Waals surface area contributed by atoms with Crippen LogP contribution in [0, 0.1) is 11.7 Å². The highest BCUT2D eigenvalue weighted by atomic mass is 19.1. The summed E-state index contributed by atoms with van der Waals surface area (Å²) in [5.74, 6) is 0.626. The molecule has 1 N–H and O–H groups in total. The molecular formula is C27H36FN3O2. The largest absolute Gasteiger partial charge is 0.490 e. The average Bonchev–Trinajstić information content (AvgIpc) is 2.85. The van der Waals surface area contributed by atoms with E-state index in [9.17, 15) is 9.18 Å². The number of nitrogens with zero attached hydrogens (tertiary/aromatic N) is 2. The molecule has 1 aliphatic heterocycles. The maximum Gasteiger partial charge on any atom is 0.229 e. The number of amides is 1. The number of hydrogen-bond acceptors (Lipinski definition) is 4. The second-order valence-corrected chi connectivity index (χ2v) is 9.40. The molecule has 2 aromatic rings. The van der Waals surface area contributed by atoms with E-state index in [0.717, 1.165) is 64.0 Å². The van der Waals surface area contributed by atoms with Crippen LogP contribution in [0.1, 0.15) is 44.6 Å². The van der Waals surface area contributed by atoms with E-state index in [2.05, 4.69) is 41.4 Å². The second kappa shape index (κ2) is 11.1. The fourth-order valence-electron chi connectivity index (χ4n) is 4.93. The summed E-state index contributed by atoms with van der Waals surface area (Å²) in [6.07, 6.45) is 4.54. The Balaban J connectivity index is 1.26. The lowest BCUT2D eigenvalue weighted by atomic mass is 9.86. The molecule has 1 heterocycles. The zero-order chi connectivity index (χ0) is 23.2. The lowest BCUT2D eigenvalue weighted by molar-refractivity contribution is -0.123. The number of carbonyl (C=O) groups excluding carboxylic acids is 1. The van der Waals surface area contributed by atoms with Gasteiger partial charge in [0.25, 0.3) is 0 Å². The van der Waals surface area contributed by atoms with E-state index < -0.39 is 0 Å². The molecule has 1 atom stereocenters. The molecule has 2 aliphatic rings. The van der Waals surface area contributed by atoms with Crippen molar-refractivity contribution in [3.63, 3.8) is 0 Å². The first-order valence-corrected chi connectivity index (χ1v) is 12.3. The normalized spacial score (nSPS) is 23.8. The number of nitrogens with one attached hydrogen (secondary N) is 1. The summed E-state index contributed by atoms with van der Waals surface area (Å²) in [6.45, 7) is 6.39. The molecule has 2 fully saturated rings. The predicted molar refractivity (Wildman–Crippen MR) is 130 cm³/mol. The predicted octanol–water partition coefficient (Wildman–Crippen LogP) is 4.61. The van der Waals surface area contributed by atoms with Crippen LogP contribution in [0.2, 0.25) is 0 Å². The van der Waals surface area contributed by atoms with Gasteiger partial charge in [0.05, 0.1) is 6.10 Å². The van der Waals surface area contributed by atoms with Crippen LogP contribution in [0.3, 0.4) is 0 Å². The first-order chi connectivity index (χ1) is 16.0. The lowest BCUT2D eigenvalue weighted by Crippen LogP contribution is -2.49. The summed E-state index contributed by atoms with van der Waals surface area (Å²) in [5, 5.41) is 3.56. The van der Waals surface area contributed by atoms with Gasteiger partial charge in [-0.3, -0.25) is 9.69 Å². The van der Waals surface area contributed by atoms with E-state index >= 15 is 0 Å². The topological polar surface area (TPSA) is 44.8 Å². The van der Waals surface area contributed by atoms with Gasteiger partial charge in [-0.15, -0.1) is 0 Å². The van der Waals surface area contributed by atoms with Crippen LogP contribution >= 0.6 is 0 Å². The van der Waals surface area contributed by atoms with Gasteiger partial charge in [-0.1, -0.05) is 19.1 Å². The Morgan fingerprint density at radius 3 is 2.45 bits per heavy atom. The molecular weight excluding hydrogens is 417 g/mol. The SMILES string of the molecule is CC[C@H]1CN(Cc2ccc(N(C)C(=O)[C@H]3CC[C@H](Oc4ccc(F)cc4)CC3)cc2)CCN1. The molecule has 0 spiro atoms. The molecule has 1 amide bonds. The third-order valence-electron chi connectivity index (χ3n) is 7.03. The summed E-state index contributed by atoms with van der Waals surface area (Å²) in [5.41, 5.74) is 2.23. The van der Waals surface area contributed by atoms with Gasteiger partial charge < -0.3 is 15.0 Å². The Hall–Kier alpha value is -2.44. The molecule has 0 aromatic heterocycles. The molecule has 0 radical (unpaired) electrons. The molecule has 2 aromatic carbocycles. The highest BCUT2D eigenvalue weighted by Gasteiger charge is 2.29. The molecule has 0 unspecified atom stereocenters. The zero-order valence-electron chi connectivity index (χ0n) is 19.8. The number of hydrogen-bond donors (Lipinski definition) is 1. The van der Waals surface area contributed by atoms with E-state index in [4.69, 9.17) is 4.74 Å². The average molecular weight is 454 g/mol. The number of benzene rings is 2. The first-order valence-electron chi connectivity index (χ1n) is 12.3. The Bertz CT molecular complexity index is 895. The molecule has 1 aliphatic carbocycles. The standard InChI is InChI=1S/C27H36FN3O2/c1-3-23-19-31(17-16-29-23)18-20-4-10-24(11-5-20)30(2)27(32)21-6-12-25(13-7-21)33-26-14-8-22(28)9-15-26/h4-5,8-11,14-15,21,23,25,29H,3,6-7,12-13,16-19H2,1-2H3/t21-,23-,25-/m0/s1. The van der Waals surface area contributed by atoms with Crippen LogP contribution in [-0.2, 0) is 11.3 Å². The van der Waals surface area contributed by atoms with Crippen molar-refractivity contribution < 1.29 is 13.9 Å². The number of carbonyl (C=O) groups is 1. The molecule has 33 heavy (non-hydrogen) atoms. The van der Waals surface area contributed by atoms with Crippen molar-refractivity contribution in [2.75, 3.05) is 31.6 Å². The fraction of sp³-hybridized carbons (Fsp3) is 0.519. The van der Waals surface area contributed by atoms with Gasteiger partial charge in [0, 0.05) is 50.9 Å². The van der Waals surface area contributed by atoms with Crippen molar-refractivity contribution in [2.45, 2.75) is 57.7 Å². The summed E-state index contributed by atoms with van der Waals surface area (Å²) in [6, 6.07) is 15.2.